The van der Waals surface area contributed by atoms with Gasteiger partial charge in [-0.1, -0.05) is 12.1 Å². The third-order valence-corrected chi connectivity index (χ3v) is 5.84. The summed E-state index contributed by atoms with van der Waals surface area (Å²) in [6, 6.07) is 8.61. The zero-order valence-electron chi connectivity index (χ0n) is 13.3. The van der Waals surface area contributed by atoms with Crippen molar-refractivity contribution in [2.45, 2.75) is 36.9 Å². The Balaban J connectivity index is 1.74. The highest BCUT2D eigenvalue weighted by molar-refractivity contribution is 5.36. The summed E-state index contributed by atoms with van der Waals surface area (Å²) in [6.07, 6.45) is 4.29. The van der Waals surface area contributed by atoms with E-state index < -0.39 is 0 Å². The third kappa shape index (κ3) is 2.25. The molecule has 2 heterocycles. The van der Waals surface area contributed by atoms with E-state index in [0.717, 1.165) is 57.7 Å². The van der Waals surface area contributed by atoms with Gasteiger partial charge in [0.15, 0.2) is 5.79 Å². The largest absolute Gasteiger partial charge is 0.497 e. The predicted molar refractivity (Wildman–Crippen MR) is 84.1 cm³/mol. The highest BCUT2D eigenvalue weighted by Gasteiger charge is 2.54. The van der Waals surface area contributed by atoms with Crippen LogP contribution in [0.3, 0.4) is 0 Å². The molecule has 2 atom stereocenters. The molecular weight excluding hydrogens is 278 g/mol. The SMILES string of the molecule is COc1cccc([C@@]23CCNC[C@@H]2CCC2(C3)OCCO2)c1. The van der Waals surface area contributed by atoms with Crippen molar-refractivity contribution in [2.24, 2.45) is 5.92 Å². The van der Waals surface area contributed by atoms with Crippen molar-refractivity contribution in [2.75, 3.05) is 33.4 Å². The standard InChI is InChI=1S/C18H25NO3/c1-20-16-4-2-3-14(11-16)17-7-8-19-12-15(17)5-6-18(13-17)21-9-10-22-18/h2-4,11,15,19H,5-10,12-13H2,1H3/t15-,17-/m0/s1. The lowest BCUT2D eigenvalue weighted by atomic mass is 9.58. The second kappa shape index (κ2) is 5.52. The van der Waals surface area contributed by atoms with Crippen LogP contribution in [0.1, 0.15) is 31.2 Å². The fraction of sp³-hybridized carbons (Fsp3) is 0.667. The Hall–Kier alpha value is -1.10. The van der Waals surface area contributed by atoms with E-state index in [1.54, 1.807) is 7.11 Å². The van der Waals surface area contributed by atoms with Gasteiger partial charge in [0.2, 0.25) is 0 Å². The third-order valence-electron chi connectivity index (χ3n) is 5.84. The van der Waals surface area contributed by atoms with Gasteiger partial charge in [-0.2, -0.15) is 0 Å². The fourth-order valence-electron chi connectivity index (χ4n) is 4.72. The Bertz CT molecular complexity index is 541. The highest BCUT2D eigenvalue weighted by atomic mass is 16.7. The van der Waals surface area contributed by atoms with Crippen LogP contribution in [0.25, 0.3) is 0 Å². The number of fused-ring (bicyclic) bond motifs is 1. The monoisotopic (exact) mass is 303 g/mol. The van der Waals surface area contributed by atoms with Crippen LogP contribution in [0.2, 0.25) is 0 Å². The molecule has 1 saturated carbocycles. The summed E-state index contributed by atoms with van der Waals surface area (Å²) in [6.45, 7) is 3.62. The molecule has 2 saturated heterocycles. The molecule has 4 heteroatoms. The van der Waals surface area contributed by atoms with Gasteiger partial charge < -0.3 is 19.5 Å². The molecule has 2 aliphatic heterocycles. The summed E-state index contributed by atoms with van der Waals surface area (Å²) < 4.78 is 17.6. The normalized spacial score (nSPS) is 33.6. The van der Waals surface area contributed by atoms with Gasteiger partial charge in [0.05, 0.1) is 20.3 Å². The van der Waals surface area contributed by atoms with E-state index in [4.69, 9.17) is 14.2 Å². The molecule has 120 valence electrons. The molecular formula is C18H25NO3. The van der Waals surface area contributed by atoms with Crippen molar-refractivity contribution in [1.82, 2.24) is 5.32 Å². The van der Waals surface area contributed by atoms with E-state index in [9.17, 15) is 0 Å². The molecule has 0 radical (unpaired) electrons. The van der Waals surface area contributed by atoms with Crippen molar-refractivity contribution in [3.63, 3.8) is 0 Å². The average molecular weight is 303 g/mol. The number of hydrogen-bond acceptors (Lipinski definition) is 4. The summed E-state index contributed by atoms with van der Waals surface area (Å²) in [7, 11) is 1.74. The number of methoxy groups -OCH3 is 1. The number of ether oxygens (including phenoxy) is 3. The molecule has 1 N–H and O–H groups in total. The average Bonchev–Trinajstić information content (AvgIpc) is 3.02. The van der Waals surface area contributed by atoms with E-state index in [1.807, 2.05) is 6.07 Å². The Morgan fingerprint density at radius 3 is 2.91 bits per heavy atom. The zero-order valence-corrected chi connectivity index (χ0v) is 13.3. The van der Waals surface area contributed by atoms with Gasteiger partial charge in [-0.05, 0) is 49.5 Å². The summed E-state index contributed by atoms with van der Waals surface area (Å²) in [5.41, 5.74) is 1.53. The van der Waals surface area contributed by atoms with Crippen LogP contribution in [0.5, 0.6) is 5.75 Å². The van der Waals surface area contributed by atoms with Gasteiger partial charge in [0.1, 0.15) is 5.75 Å². The highest BCUT2D eigenvalue weighted by Crippen LogP contribution is 2.53. The maximum Gasteiger partial charge on any atom is 0.169 e. The van der Waals surface area contributed by atoms with Gasteiger partial charge >= 0.3 is 0 Å². The predicted octanol–water partition coefficient (Wildman–Crippen LogP) is 2.47. The second-order valence-corrected chi connectivity index (χ2v) is 6.86. The minimum atomic E-state index is -0.350. The van der Waals surface area contributed by atoms with E-state index in [1.165, 1.54) is 5.56 Å². The lowest BCUT2D eigenvalue weighted by molar-refractivity contribution is -0.203. The van der Waals surface area contributed by atoms with Crippen LogP contribution in [0.4, 0.5) is 0 Å². The first kappa shape index (κ1) is 14.5. The van der Waals surface area contributed by atoms with Crippen molar-refractivity contribution >= 4 is 0 Å². The number of benzene rings is 1. The zero-order chi connectivity index (χ0) is 15.0. The quantitative estimate of drug-likeness (QED) is 0.911. The first-order valence-electron chi connectivity index (χ1n) is 8.40. The molecule has 22 heavy (non-hydrogen) atoms. The molecule has 1 spiro atoms. The molecule has 3 fully saturated rings. The molecule has 0 unspecified atom stereocenters. The molecule has 0 bridgehead atoms. The van der Waals surface area contributed by atoms with Crippen LogP contribution in [0, 0.1) is 5.92 Å². The van der Waals surface area contributed by atoms with Gasteiger partial charge in [0, 0.05) is 18.3 Å². The van der Waals surface area contributed by atoms with E-state index in [-0.39, 0.29) is 11.2 Å². The summed E-state index contributed by atoms with van der Waals surface area (Å²) in [4.78, 5) is 0. The first-order valence-corrected chi connectivity index (χ1v) is 8.40. The Labute approximate surface area is 132 Å². The number of hydrogen-bond donors (Lipinski definition) is 1. The summed E-state index contributed by atoms with van der Waals surface area (Å²) in [5, 5.41) is 3.57. The molecule has 1 aromatic carbocycles. The first-order chi connectivity index (χ1) is 10.8. The van der Waals surface area contributed by atoms with E-state index in [0.29, 0.717) is 5.92 Å². The lowest BCUT2D eigenvalue weighted by Gasteiger charge is -2.53. The van der Waals surface area contributed by atoms with Crippen LogP contribution < -0.4 is 10.1 Å². The molecule has 4 nitrogen and oxygen atoms in total. The smallest absolute Gasteiger partial charge is 0.169 e. The van der Waals surface area contributed by atoms with Crippen molar-refractivity contribution in [3.8, 4) is 5.75 Å². The van der Waals surface area contributed by atoms with E-state index >= 15 is 0 Å². The van der Waals surface area contributed by atoms with Crippen molar-refractivity contribution < 1.29 is 14.2 Å². The molecule has 0 amide bonds. The maximum absolute atomic E-state index is 6.06. The Kier molecular flexibility index (Phi) is 3.63. The van der Waals surface area contributed by atoms with Gasteiger partial charge in [-0.15, -0.1) is 0 Å². The minimum Gasteiger partial charge on any atom is -0.497 e. The topological polar surface area (TPSA) is 39.7 Å². The molecule has 1 aliphatic carbocycles. The van der Waals surface area contributed by atoms with Crippen molar-refractivity contribution in [3.05, 3.63) is 29.8 Å². The van der Waals surface area contributed by atoms with Crippen LogP contribution >= 0.6 is 0 Å². The van der Waals surface area contributed by atoms with Gasteiger partial charge in [0.25, 0.3) is 0 Å². The Morgan fingerprint density at radius 1 is 1.23 bits per heavy atom. The van der Waals surface area contributed by atoms with Crippen molar-refractivity contribution in [1.29, 1.82) is 0 Å². The molecule has 1 aromatic rings. The fourth-order valence-corrected chi connectivity index (χ4v) is 4.72. The maximum atomic E-state index is 6.06. The van der Waals surface area contributed by atoms with Gasteiger partial charge in [-0.3, -0.25) is 0 Å². The summed E-state index contributed by atoms with van der Waals surface area (Å²) in [5.74, 6) is 1.24. The summed E-state index contributed by atoms with van der Waals surface area (Å²) >= 11 is 0. The number of nitrogens with one attached hydrogen (secondary N) is 1. The number of piperidine rings is 1. The number of rotatable bonds is 2. The van der Waals surface area contributed by atoms with Crippen LogP contribution in [-0.4, -0.2) is 39.2 Å². The van der Waals surface area contributed by atoms with Gasteiger partial charge in [-0.25, -0.2) is 0 Å². The Morgan fingerprint density at radius 2 is 2.09 bits per heavy atom. The molecule has 4 rings (SSSR count). The molecule has 0 aromatic heterocycles. The molecule has 3 aliphatic rings. The van der Waals surface area contributed by atoms with Crippen LogP contribution in [0.15, 0.2) is 24.3 Å². The lowest BCUT2D eigenvalue weighted by Crippen LogP contribution is -2.56. The van der Waals surface area contributed by atoms with Crippen LogP contribution in [-0.2, 0) is 14.9 Å². The minimum absolute atomic E-state index is 0.141. The second-order valence-electron chi connectivity index (χ2n) is 6.86. The van der Waals surface area contributed by atoms with E-state index in [2.05, 4.69) is 23.5 Å².